The zero-order valence-corrected chi connectivity index (χ0v) is 25.5. The van der Waals surface area contributed by atoms with E-state index in [1.165, 1.54) is 49.0 Å². The Balaban J connectivity index is 0.790. The van der Waals surface area contributed by atoms with Crippen molar-refractivity contribution >= 4 is 22.6 Å². The fourth-order valence-corrected chi connectivity index (χ4v) is 9.63. The number of ether oxygens (including phenoxy) is 1. The van der Waals surface area contributed by atoms with Crippen LogP contribution in [0.1, 0.15) is 64.8 Å². The van der Waals surface area contributed by atoms with Gasteiger partial charge in [0, 0.05) is 62.3 Å². The van der Waals surface area contributed by atoms with Gasteiger partial charge in [0.15, 0.2) is 0 Å². The molecule has 1 N–H and O–H groups in total. The van der Waals surface area contributed by atoms with E-state index in [4.69, 9.17) is 4.74 Å². The van der Waals surface area contributed by atoms with Crippen LogP contribution in [0.2, 0.25) is 0 Å². The lowest BCUT2D eigenvalue weighted by molar-refractivity contribution is -0.00523. The third kappa shape index (κ3) is 5.13. The average molecular weight is 594 g/mol. The average Bonchev–Trinajstić information content (AvgIpc) is 3.03. The van der Waals surface area contributed by atoms with Crippen LogP contribution < -0.4 is 4.74 Å². The van der Waals surface area contributed by atoms with Gasteiger partial charge in [0.1, 0.15) is 18.5 Å². The first-order valence-electron chi connectivity index (χ1n) is 16.7. The molecule has 9 rings (SSSR count). The summed E-state index contributed by atoms with van der Waals surface area (Å²) in [6.45, 7) is 5.22. The predicted octanol–water partition coefficient (Wildman–Crippen LogP) is 4.96. The summed E-state index contributed by atoms with van der Waals surface area (Å²) in [5.74, 6) is 3.23. The number of carbonyl (C=O) groups is 2. The van der Waals surface area contributed by atoms with Crippen LogP contribution in [-0.4, -0.2) is 90.1 Å². The quantitative estimate of drug-likeness (QED) is 0.354. The number of piperazine rings is 1. The zero-order chi connectivity index (χ0) is 29.8. The summed E-state index contributed by atoms with van der Waals surface area (Å²) < 4.78 is 6.02. The SMILES string of the molecule is O=C1c2cccc3cccc(c23)C(=O)N1CCN1CCN(C[C@@H](O)COc2ccc(C34CC5CC(CC(C5)C3)C4)cc2)CC1. The van der Waals surface area contributed by atoms with E-state index in [1.54, 1.807) is 0 Å². The highest BCUT2D eigenvalue weighted by Gasteiger charge is 2.51. The van der Waals surface area contributed by atoms with Gasteiger partial charge in [0.2, 0.25) is 0 Å². The van der Waals surface area contributed by atoms with Crippen LogP contribution >= 0.6 is 0 Å². The first-order chi connectivity index (χ1) is 21.4. The summed E-state index contributed by atoms with van der Waals surface area (Å²) >= 11 is 0. The van der Waals surface area contributed by atoms with Crippen LogP contribution in [-0.2, 0) is 5.41 Å². The summed E-state index contributed by atoms with van der Waals surface area (Å²) in [6, 6.07) is 20.1. The molecule has 7 nitrogen and oxygen atoms in total. The van der Waals surface area contributed by atoms with Crippen molar-refractivity contribution in [2.45, 2.75) is 50.0 Å². The normalized spacial score (nSPS) is 29.0. The first kappa shape index (κ1) is 28.2. The summed E-state index contributed by atoms with van der Waals surface area (Å²) in [5, 5.41) is 12.4. The summed E-state index contributed by atoms with van der Waals surface area (Å²) in [5.41, 5.74) is 3.11. The molecule has 3 aromatic rings. The maximum absolute atomic E-state index is 13.2. The van der Waals surface area contributed by atoms with E-state index in [1.807, 2.05) is 36.4 Å². The Morgan fingerprint density at radius 1 is 0.750 bits per heavy atom. The highest BCUT2D eigenvalue weighted by Crippen LogP contribution is 2.60. The lowest BCUT2D eigenvalue weighted by atomic mass is 9.48. The molecule has 4 aliphatic carbocycles. The number of nitrogens with zero attached hydrogens (tertiary/aromatic N) is 3. The van der Waals surface area contributed by atoms with Gasteiger partial charge < -0.3 is 9.84 Å². The molecule has 1 atom stereocenters. The Hall–Kier alpha value is -3.26. The Bertz CT molecular complexity index is 1470. The Morgan fingerprint density at radius 3 is 1.91 bits per heavy atom. The standard InChI is InChI=1S/C37H43N3O4/c41-30(24-44-31-9-7-29(8-10-31)37-20-25-17-26(21-37)19-27(18-25)22-37)23-39-13-11-38(12-14-39)15-16-40-35(42)32-5-1-3-28-4-2-6-33(34(28)32)36(40)43/h1-10,25-27,30,41H,11-24H2/t25?,26?,27?,30-,37?/m1/s1. The molecule has 3 aromatic carbocycles. The number of imide groups is 1. The molecule has 44 heavy (non-hydrogen) atoms. The van der Waals surface area contributed by atoms with E-state index in [-0.39, 0.29) is 18.4 Å². The second-order valence-electron chi connectivity index (χ2n) is 14.3. The van der Waals surface area contributed by atoms with E-state index >= 15 is 0 Å². The molecule has 7 heteroatoms. The molecule has 0 radical (unpaired) electrons. The fourth-order valence-electron chi connectivity index (χ4n) is 9.63. The third-order valence-corrected chi connectivity index (χ3v) is 11.4. The highest BCUT2D eigenvalue weighted by molar-refractivity contribution is 6.25. The van der Waals surface area contributed by atoms with Crippen molar-refractivity contribution in [3.05, 3.63) is 77.4 Å². The van der Waals surface area contributed by atoms with Gasteiger partial charge in [-0.1, -0.05) is 36.4 Å². The highest BCUT2D eigenvalue weighted by atomic mass is 16.5. The van der Waals surface area contributed by atoms with Gasteiger partial charge in [-0.3, -0.25) is 24.3 Å². The van der Waals surface area contributed by atoms with Crippen molar-refractivity contribution in [1.82, 2.24) is 14.7 Å². The van der Waals surface area contributed by atoms with E-state index < -0.39 is 6.10 Å². The number of hydrogen-bond donors (Lipinski definition) is 1. The number of aliphatic hydroxyl groups is 1. The molecule has 4 bridgehead atoms. The molecular weight excluding hydrogens is 550 g/mol. The lowest BCUT2D eigenvalue weighted by Gasteiger charge is -2.57. The second-order valence-corrected chi connectivity index (χ2v) is 14.3. The van der Waals surface area contributed by atoms with Gasteiger partial charge in [-0.15, -0.1) is 0 Å². The van der Waals surface area contributed by atoms with Crippen LogP contribution in [0.5, 0.6) is 5.75 Å². The van der Waals surface area contributed by atoms with Crippen LogP contribution in [0.3, 0.4) is 0 Å². The van der Waals surface area contributed by atoms with Gasteiger partial charge >= 0.3 is 0 Å². The molecule has 4 saturated carbocycles. The molecule has 0 unspecified atom stereocenters. The molecule has 5 fully saturated rings. The number of benzene rings is 3. The minimum Gasteiger partial charge on any atom is -0.491 e. The van der Waals surface area contributed by atoms with Crippen LogP contribution in [0, 0.1) is 17.8 Å². The van der Waals surface area contributed by atoms with Crippen molar-refractivity contribution in [1.29, 1.82) is 0 Å². The fraction of sp³-hybridized carbons (Fsp3) is 0.514. The van der Waals surface area contributed by atoms with E-state index in [9.17, 15) is 14.7 Å². The zero-order valence-electron chi connectivity index (χ0n) is 25.5. The number of carbonyl (C=O) groups excluding carboxylic acids is 2. The monoisotopic (exact) mass is 593 g/mol. The Labute approximate surface area is 259 Å². The van der Waals surface area contributed by atoms with E-state index in [2.05, 4.69) is 34.1 Å². The Kier molecular flexibility index (Phi) is 7.23. The van der Waals surface area contributed by atoms with Gasteiger partial charge in [-0.25, -0.2) is 0 Å². The van der Waals surface area contributed by atoms with Gasteiger partial charge in [-0.2, -0.15) is 0 Å². The molecule has 2 heterocycles. The van der Waals surface area contributed by atoms with Crippen LogP contribution in [0.15, 0.2) is 60.7 Å². The molecule has 0 aromatic heterocycles. The number of hydrogen-bond acceptors (Lipinski definition) is 6. The minimum atomic E-state index is -0.559. The molecular formula is C37H43N3O4. The van der Waals surface area contributed by atoms with Crippen molar-refractivity contribution in [2.75, 3.05) is 52.4 Å². The number of aliphatic hydroxyl groups excluding tert-OH is 1. The van der Waals surface area contributed by atoms with Crippen LogP contribution in [0.25, 0.3) is 10.8 Å². The number of β-amino-alcohol motifs (C(OH)–C–C–N with tert-alkyl or cyclic N) is 1. The molecule has 0 spiro atoms. The molecule has 6 aliphatic rings. The maximum Gasteiger partial charge on any atom is 0.261 e. The van der Waals surface area contributed by atoms with E-state index in [0.717, 1.165) is 60.5 Å². The molecule has 2 amide bonds. The van der Waals surface area contributed by atoms with Crippen molar-refractivity contribution in [3.63, 3.8) is 0 Å². The summed E-state index contributed by atoms with van der Waals surface area (Å²) in [6.07, 6.45) is 7.92. The predicted molar refractivity (Wildman–Crippen MR) is 170 cm³/mol. The summed E-state index contributed by atoms with van der Waals surface area (Å²) in [7, 11) is 0. The minimum absolute atomic E-state index is 0.205. The van der Waals surface area contributed by atoms with Crippen molar-refractivity contribution in [3.8, 4) is 5.75 Å². The van der Waals surface area contributed by atoms with Crippen LogP contribution in [0.4, 0.5) is 0 Å². The Morgan fingerprint density at radius 2 is 1.32 bits per heavy atom. The topological polar surface area (TPSA) is 73.3 Å². The molecule has 2 aliphatic heterocycles. The first-order valence-corrected chi connectivity index (χ1v) is 16.7. The molecule has 230 valence electrons. The number of amides is 2. The van der Waals surface area contributed by atoms with Crippen molar-refractivity contribution in [2.24, 2.45) is 17.8 Å². The number of rotatable bonds is 9. The third-order valence-electron chi connectivity index (χ3n) is 11.4. The van der Waals surface area contributed by atoms with E-state index in [0.29, 0.717) is 36.2 Å². The van der Waals surface area contributed by atoms with Crippen molar-refractivity contribution < 1.29 is 19.4 Å². The van der Waals surface area contributed by atoms with Gasteiger partial charge in [0.25, 0.3) is 11.8 Å². The smallest absolute Gasteiger partial charge is 0.261 e. The molecule has 1 saturated heterocycles. The maximum atomic E-state index is 13.2. The second kappa shape index (κ2) is 11.3. The largest absolute Gasteiger partial charge is 0.491 e. The lowest BCUT2D eigenvalue weighted by Crippen LogP contribution is -2.51. The summed E-state index contributed by atoms with van der Waals surface area (Å²) in [4.78, 5) is 32.4. The van der Waals surface area contributed by atoms with Gasteiger partial charge in [0.05, 0.1) is 0 Å². The van der Waals surface area contributed by atoms with Gasteiger partial charge in [-0.05, 0) is 96.9 Å².